The molecule has 0 rings (SSSR count). The van der Waals surface area contributed by atoms with Gasteiger partial charge >= 0.3 is 0 Å². The fourth-order valence-electron chi connectivity index (χ4n) is 6.33. The maximum Gasteiger partial charge on any atom is 0.0667 e. The summed E-state index contributed by atoms with van der Waals surface area (Å²) >= 11 is 0. The van der Waals surface area contributed by atoms with Crippen LogP contribution in [0.25, 0.3) is 0 Å². The monoisotopic (exact) mass is 598 g/mol. The lowest BCUT2D eigenvalue weighted by Crippen LogP contribution is -2.39. The van der Waals surface area contributed by atoms with E-state index in [2.05, 4.69) is 18.7 Å². The number of nitrogens with zero attached hydrogens (tertiary/aromatic N) is 1. The van der Waals surface area contributed by atoms with E-state index in [4.69, 9.17) is 0 Å². The van der Waals surface area contributed by atoms with Crippen molar-refractivity contribution in [1.82, 2.24) is 4.90 Å². The first-order valence-corrected chi connectivity index (χ1v) is 19.3. The summed E-state index contributed by atoms with van der Waals surface area (Å²) < 4.78 is 0. The van der Waals surface area contributed by atoms with E-state index >= 15 is 0 Å². The van der Waals surface area contributed by atoms with Crippen molar-refractivity contribution in [2.24, 2.45) is 0 Å². The molecule has 0 aromatic rings. The summed E-state index contributed by atoms with van der Waals surface area (Å²) in [6, 6.07) is 0. The molecule has 0 aliphatic carbocycles. The largest absolute Gasteiger partial charge is 0.395 e. The fraction of sp³-hybridized carbons (Fsp3) is 1.00. The van der Waals surface area contributed by atoms with Crippen molar-refractivity contribution < 1.29 is 15.3 Å². The van der Waals surface area contributed by atoms with Gasteiger partial charge in [0.1, 0.15) is 0 Å². The normalized spacial score (nSPS) is 13.3. The molecule has 0 heterocycles. The number of hydrogen-bond donors (Lipinski definition) is 3. The molecule has 0 radical (unpaired) electrons. The van der Waals surface area contributed by atoms with Crippen LogP contribution in [0.2, 0.25) is 0 Å². The van der Waals surface area contributed by atoms with Gasteiger partial charge in [-0.05, 0) is 12.8 Å². The van der Waals surface area contributed by atoms with Gasteiger partial charge in [0.25, 0.3) is 0 Å². The fourth-order valence-corrected chi connectivity index (χ4v) is 6.33. The van der Waals surface area contributed by atoms with Crippen LogP contribution < -0.4 is 0 Å². The van der Waals surface area contributed by atoms with Gasteiger partial charge in [0, 0.05) is 19.6 Å². The Morgan fingerprint density at radius 3 is 0.857 bits per heavy atom. The molecule has 2 atom stereocenters. The first kappa shape index (κ1) is 41.8. The molecular weight excluding hydrogens is 518 g/mol. The maximum atomic E-state index is 10.6. The molecule has 2 unspecified atom stereocenters. The lowest BCUT2D eigenvalue weighted by Gasteiger charge is -2.26. The molecule has 0 aromatic heterocycles. The molecule has 0 bridgehead atoms. The van der Waals surface area contributed by atoms with Gasteiger partial charge < -0.3 is 15.3 Å². The molecule has 0 aliphatic heterocycles. The molecule has 0 amide bonds. The van der Waals surface area contributed by atoms with Crippen LogP contribution in [0.15, 0.2) is 0 Å². The van der Waals surface area contributed by atoms with Crippen LogP contribution in [0.5, 0.6) is 0 Å². The lowest BCUT2D eigenvalue weighted by molar-refractivity contribution is 0.0519. The van der Waals surface area contributed by atoms with Crippen LogP contribution in [0, 0.1) is 0 Å². The maximum absolute atomic E-state index is 10.6. The molecule has 4 heteroatoms. The van der Waals surface area contributed by atoms with Crippen LogP contribution in [0.1, 0.15) is 206 Å². The van der Waals surface area contributed by atoms with Gasteiger partial charge in [-0.15, -0.1) is 0 Å². The van der Waals surface area contributed by atoms with Crippen molar-refractivity contribution in [2.45, 2.75) is 219 Å². The van der Waals surface area contributed by atoms with E-state index < -0.39 is 0 Å². The number of unbranched alkanes of at least 4 members (excludes halogenated alkanes) is 26. The highest BCUT2D eigenvalue weighted by Crippen LogP contribution is 2.16. The van der Waals surface area contributed by atoms with Crippen molar-refractivity contribution in [1.29, 1.82) is 0 Å². The zero-order valence-corrected chi connectivity index (χ0v) is 29.0. The molecule has 0 fully saturated rings. The van der Waals surface area contributed by atoms with Crippen LogP contribution in [-0.2, 0) is 0 Å². The van der Waals surface area contributed by atoms with E-state index in [1.165, 1.54) is 167 Å². The summed E-state index contributed by atoms with van der Waals surface area (Å²) in [5.74, 6) is 0. The first-order valence-electron chi connectivity index (χ1n) is 19.3. The van der Waals surface area contributed by atoms with Gasteiger partial charge in [-0.2, -0.15) is 0 Å². The molecule has 0 aromatic carbocycles. The van der Waals surface area contributed by atoms with Gasteiger partial charge in [-0.3, -0.25) is 4.90 Å². The second kappa shape index (κ2) is 35.3. The number of rotatable bonds is 36. The summed E-state index contributed by atoms with van der Waals surface area (Å²) in [6.45, 7) is 6.31. The molecule has 3 N–H and O–H groups in total. The van der Waals surface area contributed by atoms with Crippen molar-refractivity contribution in [3.8, 4) is 0 Å². The topological polar surface area (TPSA) is 63.9 Å². The Kier molecular flexibility index (Phi) is 35.2. The minimum atomic E-state index is -0.359. The summed E-state index contributed by atoms with van der Waals surface area (Å²) in [6.07, 6.45) is 38.7. The standard InChI is InChI=1S/C38H79NO3/c1-3-5-7-9-11-13-15-17-19-21-23-25-27-29-31-37(41)35-39(33-34-40)36-38(42)32-30-28-26-24-22-20-18-16-14-12-10-8-6-4-2/h37-38,40-42H,3-36H2,1-2H3. The van der Waals surface area contributed by atoms with Crippen molar-refractivity contribution in [2.75, 3.05) is 26.2 Å². The van der Waals surface area contributed by atoms with Crippen molar-refractivity contribution >= 4 is 0 Å². The number of aliphatic hydroxyl groups excluding tert-OH is 3. The highest BCUT2D eigenvalue weighted by atomic mass is 16.3. The SMILES string of the molecule is CCCCCCCCCCCCCCCCC(O)CN(CCO)CC(O)CCCCCCCCCCCCCCCC. The quantitative estimate of drug-likeness (QED) is 0.0629. The van der Waals surface area contributed by atoms with E-state index in [9.17, 15) is 15.3 Å². The third kappa shape index (κ3) is 32.7. The Bertz CT molecular complexity index is 449. The summed E-state index contributed by atoms with van der Waals surface area (Å²) in [5, 5.41) is 30.6. The second-order valence-corrected chi connectivity index (χ2v) is 13.6. The molecule has 0 saturated carbocycles. The minimum absolute atomic E-state index is 0.0805. The molecule has 0 aliphatic rings. The van der Waals surface area contributed by atoms with E-state index in [-0.39, 0.29) is 18.8 Å². The molecule has 0 saturated heterocycles. The van der Waals surface area contributed by atoms with Crippen molar-refractivity contribution in [3.05, 3.63) is 0 Å². The van der Waals surface area contributed by atoms with Gasteiger partial charge in [-0.1, -0.05) is 194 Å². The van der Waals surface area contributed by atoms with Crippen molar-refractivity contribution in [3.63, 3.8) is 0 Å². The molecular formula is C38H79NO3. The zero-order chi connectivity index (χ0) is 30.8. The van der Waals surface area contributed by atoms with E-state index in [0.717, 1.165) is 25.7 Å². The Balaban J connectivity index is 3.62. The predicted octanol–water partition coefficient (Wildman–Crippen LogP) is 10.7. The van der Waals surface area contributed by atoms with Gasteiger partial charge in [0.15, 0.2) is 0 Å². The molecule has 254 valence electrons. The minimum Gasteiger partial charge on any atom is -0.395 e. The molecule has 0 spiro atoms. The average molecular weight is 598 g/mol. The summed E-state index contributed by atoms with van der Waals surface area (Å²) in [7, 11) is 0. The van der Waals surface area contributed by atoms with E-state index in [1.54, 1.807) is 0 Å². The van der Waals surface area contributed by atoms with E-state index in [1.807, 2.05) is 0 Å². The molecule has 42 heavy (non-hydrogen) atoms. The highest BCUT2D eigenvalue weighted by Gasteiger charge is 2.15. The lowest BCUT2D eigenvalue weighted by atomic mass is 10.0. The van der Waals surface area contributed by atoms with Crippen LogP contribution >= 0.6 is 0 Å². The predicted molar refractivity (Wildman–Crippen MR) is 185 cm³/mol. The smallest absolute Gasteiger partial charge is 0.0667 e. The zero-order valence-electron chi connectivity index (χ0n) is 29.0. The Morgan fingerprint density at radius 1 is 0.381 bits per heavy atom. The first-order chi connectivity index (χ1) is 20.6. The summed E-state index contributed by atoms with van der Waals surface area (Å²) in [5.41, 5.74) is 0. The van der Waals surface area contributed by atoms with Crippen LogP contribution in [-0.4, -0.2) is 58.7 Å². The second-order valence-electron chi connectivity index (χ2n) is 13.6. The third-order valence-electron chi connectivity index (χ3n) is 9.14. The van der Waals surface area contributed by atoms with E-state index in [0.29, 0.717) is 19.6 Å². The summed E-state index contributed by atoms with van der Waals surface area (Å²) in [4.78, 5) is 2.06. The number of hydrogen-bond acceptors (Lipinski definition) is 4. The molecule has 4 nitrogen and oxygen atoms in total. The number of aliphatic hydroxyl groups is 3. The van der Waals surface area contributed by atoms with Gasteiger partial charge in [0.2, 0.25) is 0 Å². The van der Waals surface area contributed by atoms with Gasteiger partial charge in [0.05, 0.1) is 18.8 Å². The Morgan fingerprint density at radius 2 is 0.619 bits per heavy atom. The van der Waals surface area contributed by atoms with Crippen LogP contribution in [0.3, 0.4) is 0 Å². The van der Waals surface area contributed by atoms with Crippen LogP contribution in [0.4, 0.5) is 0 Å². The average Bonchev–Trinajstić information content (AvgIpc) is 2.97. The highest BCUT2D eigenvalue weighted by molar-refractivity contribution is 4.69. The Hall–Kier alpha value is -0.160. The Labute approximate surface area is 264 Å². The third-order valence-corrected chi connectivity index (χ3v) is 9.14. The van der Waals surface area contributed by atoms with Gasteiger partial charge in [-0.25, -0.2) is 0 Å².